The maximum Gasteiger partial charge on any atom is 0.320 e. The van der Waals surface area contributed by atoms with E-state index in [0.29, 0.717) is 43.4 Å². The first-order chi connectivity index (χ1) is 17.8. The number of benzene rings is 1. The number of nitrogens with one attached hydrogen (secondary N) is 2. The normalized spacial score (nSPS) is 21.7. The minimum Gasteiger partial charge on any atom is -0.477 e. The zero-order valence-corrected chi connectivity index (χ0v) is 21.0. The van der Waals surface area contributed by atoms with Crippen LogP contribution < -0.4 is 15.4 Å². The number of allylic oxidation sites excluding steroid dienone is 4. The molecule has 2 N–H and O–H groups in total. The van der Waals surface area contributed by atoms with Crippen LogP contribution in [0.3, 0.4) is 0 Å². The predicted molar refractivity (Wildman–Crippen MR) is 134 cm³/mol. The van der Waals surface area contributed by atoms with Gasteiger partial charge in [0, 0.05) is 19.1 Å². The van der Waals surface area contributed by atoms with E-state index >= 15 is 0 Å². The van der Waals surface area contributed by atoms with E-state index in [1.54, 1.807) is 11.6 Å². The summed E-state index contributed by atoms with van der Waals surface area (Å²) in [7, 11) is 1.31. The van der Waals surface area contributed by atoms with Crippen LogP contribution in [-0.2, 0) is 9.53 Å². The summed E-state index contributed by atoms with van der Waals surface area (Å²) in [6.45, 7) is 4.88. The van der Waals surface area contributed by atoms with Crippen LogP contribution in [0.5, 0.6) is 5.88 Å². The minimum absolute atomic E-state index is 0.0352. The summed E-state index contributed by atoms with van der Waals surface area (Å²) in [5.41, 5.74) is 1.40. The topological polar surface area (TPSA) is 97.7 Å². The highest BCUT2D eigenvalue weighted by atomic mass is 19.2. The molecule has 9 nitrogen and oxygen atoms in total. The summed E-state index contributed by atoms with van der Waals surface area (Å²) in [5.74, 6) is -1.93. The Bertz CT molecular complexity index is 1200. The Morgan fingerprint density at radius 1 is 1.16 bits per heavy atom. The number of halogens is 2. The molecule has 2 amide bonds. The fourth-order valence-corrected chi connectivity index (χ4v) is 4.81. The van der Waals surface area contributed by atoms with Crippen molar-refractivity contribution in [1.82, 2.24) is 20.0 Å². The average molecular weight is 516 g/mol. The van der Waals surface area contributed by atoms with Crippen LogP contribution in [0.25, 0.3) is 5.69 Å². The molecule has 1 aliphatic carbocycles. The summed E-state index contributed by atoms with van der Waals surface area (Å²) in [4.78, 5) is 26.9. The molecule has 1 aromatic carbocycles. The van der Waals surface area contributed by atoms with Crippen molar-refractivity contribution < 1.29 is 27.8 Å². The Kier molecular flexibility index (Phi) is 8.22. The molecule has 1 aliphatic heterocycles. The van der Waals surface area contributed by atoms with Crippen molar-refractivity contribution in [2.75, 3.05) is 38.7 Å². The Morgan fingerprint density at radius 2 is 1.92 bits per heavy atom. The molecule has 1 unspecified atom stereocenters. The van der Waals surface area contributed by atoms with E-state index in [2.05, 4.69) is 15.7 Å². The predicted octanol–water partition coefficient (Wildman–Crippen LogP) is 3.90. The van der Waals surface area contributed by atoms with E-state index < -0.39 is 29.7 Å². The zero-order chi connectivity index (χ0) is 26.5. The number of nitrogens with zero attached hydrogens (tertiary/aromatic N) is 3. The zero-order valence-electron chi connectivity index (χ0n) is 21.0. The second-order valence-electron chi connectivity index (χ2n) is 9.06. The van der Waals surface area contributed by atoms with E-state index in [0.717, 1.165) is 5.69 Å². The van der Waals surface area contributed by atoms with Gasteiger partial charge in [-0.25, -0.2) is 18.3 Å². The number of esters is 1. The summed E-state index contributed by atoms with van der Waals surface area (Å²) < 4.78 is 39.7. The number of amides is 2. The first kappa shape index (κ1) is 26.3. The Labute approximate surface area is 214 Å². The molecular formula is C26H31F2N5O4. The maximum absolute atomic E-state index is 14.0. The van der Waals surface area contributed by atoms with Crippen LogP contribution in [0.2, 0.25) is 0 Å². The number of para-hydroxylation sites is 1. The lowest BCUT2D eigenvalue weighted by Crippen LogP contribution is -2.45. The van der Waals surface area contributed by atoms with Crippen LogP contribution >= 0.6 is 0 Å². The molecule has 37 heavy (non-hydrogen) atoms. The van der Waals surface area contributed by atoms with Gasteiger partial charge < -0.3 is 14.8 Å². The van der Waals surface area contributed by atoms with Crippen LogP contribution in [-0.4, -0.2) is 66.1 Å². The molecule has 198 valence electrons. The highest BCUT2D eigenvalue weighted by Crippen LogP contribution is 2.35. The Balaban J connectivity index is 1.55. The van der Waals surface area contributed by atoms with Crippen LogP contribution in [0.15, 0.2) is 54.1 Å². The van der Waals surface area contributed by atoms with Crippen LogP contribution in [0.1, 0.15) is 18.9 Å². The van der Waals surface area contributed by atoms with Crippen molar-refractivity contribution in [3.05, 3.63) is 59.7 Å². The molecule has 1 aromatic heterocycles. The third kappa shape index (κ3) is 5.99. The number of carbonyl (C=O) groups is 2. The number of urea groups is 1. The number of likely N-dealkylation sites (tertiary alicyclic amines) is 1. The van der Waals surface area contributed by atoms with Gasteiger partial charge >= 0.3 is 12.0 Å². The van der Waals surface area contributed by atoms with Crippen molar-refractivity contribution in [3.63, 3.8) is 0 Å². The van der Waals surface area contributed by atoms with Gasteiger partial charge in [0.25, 0.3) is 0 Å². The van der Waals surface area contributed by atoms with Gasteiger partial charge in [0.2, 0.25) is 5.88 Å². The minimum atomic E-state index is -0.906. The van der Waals surface area contributed by atoms with Crippen molar-refractivity contribution in [2.45, 2.75) is 26.3 Å². The standard InChI is InChI=1S/C26H31F2N5O4/c1-4-37-25-16(2)24(33(31-25)18-8-6-5-7-9-18)30-26(35)29-22-14-32(15-23(34)36-3)13-19(22)17-10-11-20(27)21(28)12-17/h5-9,11-12,17,19,22H,4,10,13-15H2,1-3H3,(H2,29,30,35)/t17?,19-,22+/m0/s1. The molecule has 2 aromatic rings. The molecule has 1 fully saturated rings. The van der Waals surface area contributed by atoms with Gasteiger partial charge in [-0.1, -0.05) is 18.2 Å². The van der Waals surface area contributed by atoms with Crippen molar-refractivity contribution in [3.8, 4) is 11.6 Å². The smallest absolute Gasteiger partial charge is 0.320 e. The molecule has 3 atom stereocenters. The quantitative estimate of drug-likeness (QED) is 0.518. The highest BCUT2D eigenvalue weighted by molar-refractivity contribution is 5.90. The summed E-state index contributed by atoms with van der Waals surface area (Å²) in [6.07, 6.45) is 2.78. The monoisotopic (exact) mass is 515 g/mol. The third-order valence-corrected chi connectivity index (χ3v) is 6.64. The summed E-state index contributed by atoms with van der Waals surface area (Å²) >= 11 is 0. The van der Waals surface area contributed by atoms with Crippen molar-refractivity contribution >= 4 is 17.8 Å². The number of hydrogen-bond acceptors (Lipinski definition) is 6. The second-order valence-corrected chi connectivity index (χ2v) is 9.06. The molecule has 1 saturated heterocycles. The van der Waals surface area contributed by atoms with Gasteiger partial charge in [-0.3, -0.25) is 15.0 Å². The number of aromatic nitrogens is 2. The lowest BCUT2D eigenvalue weighted by Gasteiger charge is -2.27. The average Bonchev–Trinajstić information content (AvgIpc) is 3.42. The number of carbonyl (C=O) groups excluding carboxylic acids is 2. The first-order valence-electron chi connectivity index (χ1n) is 12.2. The van der Waals surface area contributed by atoms with Gasteiger partial charge in [0.15, 0.2) is 11.7 Å². The number of methoxy groups -OCH3 is 1. The molecule has 4 rings (SSSR count). The van der Waals surface area contributed by atoms with Crippen molar-refractivity contribution in [2.24, 2.45) is 11.8 Å². The van der Waals surface area contributed by atoms with Crippen LogP contribution in [0, 0.1) is 18.8 Å². The van der Waals surface area contributed by atoms with Gasteiger partial charge in [-0.15, -0.1) is 5.10 Å². The molecule has 0 bridgehead atoms. The molecule has 2 aliphatic rings. The molecule has 0 radical (unpaired) electrons. The van der Waals surface area contributed by atoms with E-state index in [4.69, 9.17) is 9.47 Å². The number of ether oxygens (including phenoxy) is 2. The fourth-order valence-electron chi connectivity index (χ4n) is 4.81. The number of rotatable bonds is 8. The van der Waals surface area contributed by atoms with E-state index in [-0.39, 0.29) is 18.4 Å². The molecular weight excluding hydrogens is 484 g/mol. The highest BCUT2D eigenvalue weighted by Gasteiger charge is 2.39. The van der Waals surface area contributed by atoms with Gasteiger partial charge in [0.1, 0.15) is 5.82 Å². The van der Waals surface area contributed by atoms with Gasteiger partial charge in [-0.2, -0.15) is 0 Å². The first-order valence-corrected chi connectivity index (χ1v) is 12.2. The lowest BCUT2D eigenvalue weighted by atomic mass is 9.83. The molecule has 2 heterocycles. The third-order valence-electron chi connectivity index (χ3n) is 6.64. The second kappa shape index (κ2) is 11.5. The molecule has 11 heteroatoms. The number of anilines is 1. The van der Waals surface area contributed by atoms with E-state index in [1.165, 1.54) is 19.3 Å². The largest absolute Gasteiger partial charge is 0.477 e. The van der Waals surface area contributed by atoms with E-state index in [1.807, 2.05) is 42.2 Å². The lowest BCUT2D eigenvalue weighted by molar-refractivity contribution is -0.141. The number of hydrogen-bond donors (Lipinski definition) is 2. The Morgan fingerprint density at radius 3 is 2.59 bits per heavy atom. The maximum atomic E-state index is 14.0. The Hall–Kier alpha value is -3.73. The van der Waals surface area contributed by atoms with Crippen molar-refractivity contribution in [1.29, 1.82) is 0 Å². The fraction of sp³-hybridized carbons (Fsp3) is 0.423. The van der Waals surface area contributed by atoms with Gasteiger partial charge in [0.05, 0.1) is 31.5 Å². The van der Waals surface area contributed by atoms with Crippen LogP contribution in [0.4, 0.5) is 19.4 Å². The SMILES string of the molecule is CCOc1nn(-c2ccccc2)c(NC(=O)N[C@@H]2CN(CC(=O)OC)C[C@H]2C2C=C(F)C(F)=CC2)c1C. The molecule has 0 saturated carbocycles. The molecule has 0 spiro atoms. The summed E-state index contributed by atoms with van der Waals surface area (Å²) in [6, 6.07) is 8.42. The van der Waals surface area contributed by atoms with Gasteiger partial charge in [-0.05, 0) is 56.4 Å². The summed E-state index contributed by atoms with van der Waals surface area (Å²) in [5, 5.41) is 10.4. The van der Waals surface area contributed by atoms with E-state index in [9.17, 15) is 18.4 Å².